The molecule has 3 nitrogen and oxygen atoms in total. The lowest BCUT2D eigenvalue weighted by Gasteiger charge is -2.07. The van der Waals surface area contributed by atoms with E-state index in [1.54, 1.807) is 37.3 Å². The Hall–Kier alpha value is -2.29. The van der Waals surface area contributed by atoms with Crippen LogP contribution in [0.1, 0.15) is 17.3 Å². The van der Waals surface area contributed by atoms with E-state index in [1.807, 2.05) is 12.1 Å². The van der Waals surface area contributed by atoms with Crippen LogP contribution in [0.3, 0.4) is 0 Å². The molecule has 92 valence electrons. The van der Waals surface area contributed by atoms with Crippen LogP contribution in [0.2, 0.25) is 0 Å². The second kappa shape index (κ2) is 4.92. The first-order valence-corrected chi connectivity index (χ1v) is 5.60. The maximum atomic E-state index is 11.2. The van der Waals surface area contributed by atoms with Gasteiger partial charge in [0.1, 0.15) is 0 Å². The van der Waals surface area contributed by atoms with Gasteiger partial charge in [-0.1, -0.05) is 30.3 Å². The first kappa shape index (κ1) is 12.2. The fraction of sp³-hybridized carbons (Fsp3) is 0.133. The van der Waals surface area contributed by atoms with E-state index in [2.05, 4.69) is 0 Å². The molecule has 3 heteroatoms. The first-order chi connectivity index (χ1) is 8.61. The van der Waals surface area contributed by atoms with E-state index in [-0.39, 0.29) is 11.5 Å². The van der Waals surface area contributed by atoms with Crippen LogP contribution in [0.5, 0.6) is 11.5 Å². The number of ketones is 1. The third-order valence-electron chi connectivity index (χ3n) is 2.80. The molecule has 0 unspecified atom stereocenters. The Balaban J connectivity index is 2.39. The second-order valence-electron chi connectivity index (χ2n) is 4.02. The molecule has 0 aliphatic carbocycles. The van der Waals surface area contributed by atoms with Crippen molar-refractivity contribution >= 4 is 5.78 Å². The van der Waals surface area contributed by atoms with Gasteiger partial charge in [-0.2, -0.15) is 0 Å². The lowest BCUT2D eigenvalue weighted by Crippen LogP contribution is -1.91. The minimum Gasteiger partial charge on any atom is -0.504 e. The quantitative estimate of drug-likeness (QED) is 0.840. The number of benzene rings is 2. The van der Waals surface area contributed by atoms with Crippen molar-refractivity contribution in [1.29, 1.82) is 0 Å². The normalized spacial score (nSPS) is 10.1. The number of hydrogen-bond acceptors (Lipinski definition) is 3. The van der Waals surface area contributed by atoms with Gasteiger partial charge in [0.25, 0.3) is 0 Å². The molecule has 0 radical (unpaired) electrons. The van der Waals surface area contributed by atoms with Gasteiger partial charge >= 0.3 is 0 Å². The zero-order chi connectivity index (χ0) is 13.1. The highest BCUT2D eigenvalue weighted by molar-refractivity contribution is 5.94. The van der Waals surface area contributed by atoms with Crippen molar-refractivity contribution in [3.05, 3.63) is 48.0 Å². The summed E-state index contributed by atoms with van der Waals surface area (Å²) in [6, 6.07) is 12.5. The number of phenols is 1. The van der Waals surface area contributed by atoms with Gasteiger partial charge in [-0.05, 0) is 30.2 Å². The number of hydrogen-bond donors (Lipinski definition) is 1. The molecule has 0 heterocycles. The standard InChI is InChI=1S/C15H14O3/c1-10(16)11-3-5-12(6-4-11)13-7-8-14(17)15(9-13)18-2/h3-9,17H,1-2H3. The minimum atomic E-state index is 0.0461. The van der Waals surface area contributed by atoms with E-state index in [1.165, 1.54) is 7.11 Å². The molecule has 2 rings (SSSR count). The van der Waals surface area contributed by atoms with Crippen LogP contribution in [-0.4, -0.2) is 18.0 Å². The Kier molecular flexibility index (Phi) is 3.33. The summed E-state index contributed by atoms with van der Waals surface area (Å²) in [5, 5.41) is 9.53. The molecule has 2 aromatic rings. The van der Waals surface area contributed by atoms with E-state index in [0.717, 1.165) is 11.1 Å². The molecule has 0 aromatic heterocycles. The SMILES string of the molecule is COc1cc(-c2ccc(C(C)=O)cc2)ccc1O. The molecule has 0 saturated heterocycles. The molecule has 0 spiro atoms. The fourth-order valence-electron chi connectivity index (χ4n) is 1.75. The van der Waals surface area contributed by atoms with Crippen LogP contribution in [0, 0.1) is 0 Å². The largest absolute Gasteiger partial charge is 0.504 e. The van der Waals surface area contributed by atoms with Crippen molar-refractivity contribution in [3.8, 4) is 22.6 Å². The van der Waals surface area contributed by atoms with E-state index in [4.69, 9.17) is 4.74 Å². The molecule has 18 heavy (non-hydrogen) atoms. The van der Waals surface area contributed by atoms with Crippen LogP contribution in [0.25, 0.3) is 11.1 Å². The van der Waals surface area contributed by atoms with Gasteiger partial charge in [0.15, 0.2) is 17.3 Å². The molecule has 2 aromatic carbocycles. The number of ether oxygens (including phenoxy) is 1. The monoisotopic (exact) mass is 242 g/mol. The summed E-state index contributed by atoms with van der Waals surface area (Å²) in [6.45, 7) is 1.54. The number of carbonyl (C=O) groups excluding carboxylic acids is 1. The topological polar surface area (TPSA) is 46.5 Å². The Bertz CT molecular complexity index is 571. The summed E-state index contributed by atoms with van der Waals surface area (Å²) < 4.78 is 5.06. The van der Waals surface area contributed by atoms with Crippen LogP contribution < -0.4 is 4.74 Å². The number of rotatable bonds is 3. The Morgan fingerprint density at radius 2 is 1.67 bits per heavy atom. The maximum Gasteiger partial charge on any atom is 0.161 e. The van der Waals surface area contributed by atoms with Crippen LogP contribution >= 0.6 is 0 Å². The van der Waals surface area contributed by atoms with E-state index < -0.39 is 0 Å². The maximum absolute atomic E-state index is 11.2. The third kappa shape index (κ3) is 2.35. The number of phenolic OH excluding ortho intramolecular Hbond substituents is 1. The molecule has 1 N–H and O–H groups in total. The van der Waals surface area contributed by atoms with Gasteiger partial charge < -0.3 is 9.84 Å². The molecule has 0 saturated carbocycles. The van der Waals surface area contributed by atoms with Gasteiger partial charge in [0.2, 0.25) is 0 Å². The van der Waals surface area contributed by atoms with Crippen LogP contribution in [0.4, 0.5) is 0 Å². The van der Waals surface area contributed by atoms with E-state index in [9.17, 15) is 9.90 Å². The summed E-state index contributed by atoms with van der Waals surface area (Å²) in [5.41, 5.74) is 2.59. The van der Waals surface area contributed by atoms with Gasteiger partial charge in [0, 0.05) is 5.56 Å². The lowest BCUT2D eigenvalue weighted by molar-refractivity contribution is 0.101. The second-order valence-corrected chi connectivity index (χ2v) is 4.02. The molecule has 0 amide bonds. The van der Waals surface area contributed by atoms with Crippen molar-refractivity contribution < 1.29 is 14.6 Å². The Morgan fingerprint density at radius 3 is 2.22 bits per heavy atom. The van der Waals surface area contributed by atoms with Crippen LogP contribution in [0.15, 0.2) is 42.5 Å². The predicted octanol–water partition coefficient (Wildman–Crippen LogP) is 3.27. The van der Waals surface area contributed by atoms with Crippen LogP contribution in [-0.2, 0) is 0 Å². The highest BCUT2D eigenvalue weighted by Gasteiger charge is 2.05. The highest BCUT2D eigenvalue weighted by Crippen LogP contribution is 2.31. The van der Waals surface area contributed by atoms with Crippen molar-refractivity contribution in [2.24, 2.45) is 0 Å². The third-order valence-corrected chi connectivity index (χ3v) is 2.80. The number of carbonyl (C=O) groups is 1. The molecule has 0 atom stereocenters. The van der Waals surface area contributed by atoms with Crippen molar-refractivity contribution in [2.45, 2.75) is 6.92 Å². The smallest absolute Gasteiger partial charge is 0.161 e. The van der Waals surface area contributed by atoms with E-state index in [0.29, 0.717) is 11.3 Å². The number of Topliss-reactive ketones (excluding diaryl/α,β-unsaturated/α-hetero) is 1. The van der Waals surface area contributed by atoms with Gasteiger partial charge in [-0.25, -0.2) is 0 Å². The summed E-state index contributed by atoms with van der Waals surface area (Å²) in [7, 11) is 1.51. The Labute approximate surface area is 106 Å². The average Bonchev–Trinajstić information content (AvgIpc) is 2.39. The summed E-state index contributed by atoms with van der Waals surface area (Å²) in [5.74, 6) is 0.592. The minimum absolute atomic E-state index is 0.0461. The van der Waals surface area contributed by atoms with Gasteiger partial charge in [0.05, 0.1) is 7.11 Å². The van der Waals surface area contributed by atoms with Crippen molar-refractivity contribution in [2.75, 3.05) is 7.11 Å². The number of methoxy groups -OCH3 is 1. The highest BCUT2D eigenvalue weighted by atomic mass is 16.5. The molecule has 0 bridgehead atoms. The predicted molar refractivity (Wildman–Crippen MR) is 70.1 cm³/mol. The molecular weight excluding hydrogens is 228 g/mol. The first-order valence-electron chi connectivity index (χ1n) is 5.60. The van der Waals surface area contributed by atoms with Crippen molar-refractivity contribution in [3.63, 3.8) is 0 Å². The lowest BCUT2D eigenvalue weighted by atomic mass is 10.0. The molecule has 0 aliphatic heterocycles. The van der Waals surface area contributed by atoms with E-state index >= 15 is 0 Å². The molecular formula is C15H14O3. The van der Waals surface area contributed by atoms with Gasteiger partial charge in [-0.15, -0.1) is 0 Å². The summed E-state index contributed by atoms with van der Waals surface area (Å²) in [6.07, 6.45) is 0. The Morgan fingerprint density at radius 1 is 1.06 bits per heavy atom. The fourth-order valence-corrected chi connectivity index (χ4v) is 1.75. The number of aromatic hydroxyl groups is 1. The summed E-state index contributed by atoms with van der Waals surface area (Å²) in [4.78, 5) is 11.2. The zero-order valence-corrected chi connectivity index (χ0v) is 10.3. The van der Waals surface area contributed by atoms with Gasteiger partial charge in [-0.3, -0.25) is 4.79 Å². The van der Waals surface area contributed by atoms with Crippen molar-refractivity contribution in [1.82, 2.24) is 0 Å². The molecule has 0 fully saturated rings. The molecule has 0 aliphatic rings. The average molecular weight is 242 g/mol. The summed E-state index contributed by atoms with van der Waals surface area (Å²) >= 11 is 0. The zero-order valence-electron chi connectivity index (χ0n) is 10.3.